The van der Waals surface area contributed by atoms with E-state index in [1.165, 1.54) is 0 Å². The quantitative estimate of drug-likeness (QED) is 0.413. The average Bonchev–Trinajstić information content (AvgIpc) is 2.97. The SMILES string of the molecule is CCCN(CC(c1ccccc1)c1ccc(Cl)c(B2OC(C)(C)C(C)(C)O2)c1)C(=O)OC(C)(C)C. The van der Waals surface area contributed by atoms with Crippen LogP contribution >= 0.6 is 11.6 Å². The van der Waals surface area contributed by atoms with Crippen LogP contribution in [-0.4, -0.2) is 48.0 Å². The summed E-state index contributed by atoms with van der Waals surface area (Å²) >= 11 is 6.65. The van der Waals surface area contributed by atoms with Gasteiger partial charge in [0.15, 0.2) is 0 Å². The molecule has 1 aliphatic heterocycles. The number of benzene rings is 2. The fourth-order valence-electron chi connectivity index (χ4n) is 4.09. The number of carbonyl (C=O) groups excluding carboxylic acids is 1. The minimum Gasteiger partial charge on any atom is -0.444 e. The number of rotatable bonds is 7. The lowest BCUT2D eigenvalue weighted by Crippen LogP contribution is -2.41. The first-order chi connectivity index (χ1) is 16.2. The van der Waals surface area contributed by atoms with Crippen LogP contribution in [0.5, 0.6) is 0 Å². The zero-order chi connectivity index (χ0) is 26.0. The normalized spacial score (nSPS) is 17.8. The molecule has 1 fully saturated rings. The van der Waals surface area contributed by atoms with Gasteiger partial charge in [-0.3, -0.25) is 0 Å². The van der Waals surface area contributed by atoms with Crippen LogP contribution in [0, 0.1) is 0 Å². The summed E-state index contributed by atoms with van der Waals surface area (Å²) in [5.41, 5.74) is 1.45. The average molecular weight is 500 g/mol. The molecule has 1 unspecified atom stereocenters. The predicted octanol–water partition coefficient (Wildman–Crippen LogP) is 6.42. The summed E-state index contributed by atoms with van der Waals surface area (Å²) in [5.74, 6) is -0.0753. The van der Waals surface area contributed by atoms with Crippen molar-refractivity contribution >= 4 is 30.3 Å². The second kappa shape index (κ2) is 10.5. The summed E-state index contributed by atoms with van der Waals surface area (Å²) in [6, 6.07) is 16.2. The van der Waals surface area contributed by atoms with E-state index in [-0.39, 0.29) is 12.0 Å². The number of ether oxygens (including phenoxy) is 1. The molecule has 0 aliphatic carbocycles. The molecule has 2 aromatic rings. The Morgan fingerprint density at radius 2 is 1.63 bits per heavy atom. The second-order valence-electron chi connectivity index (χ2n) is 11.3. The van der Waals surface area contributed by atoms with Gasteiger partial charge in [-0.05, 0) is 72.1 Å². The smallest absolute Gasteiger partial charge is 0.444 e. The van der Waals surface area contributed by atoms with Gasteiger partial charge in [-0.2, -0.15) is 0 Å². The molecule has 7 heteroatoms. The van der Waals surface area contributed by atoms with Crippen molar-refractivity contribution < 1.29 is 18.8 Å². The molecule has 1 aliphatic rings. The number of amides is 1. The lowest BCUT2D eigenvalue weighted by atomic mass is 9.76. The molecule has 0 N–H and O–H groups in total. The zero-order valence-corrected chi connectivity index (χ0v) is 23.1. The maximum atomic E-state index is 13.1. The fourth-order valence-corrected chi connectivity index (χ4v) is 4.30. The van der Waals surface area contributed by atoms with Crippen molar-refractivity contribution in [1.82, 2.24) is 4.90 Å². The Labute approximate surface area is 216 Å². The van der Waals surface area contributed by atoms with Crippen LogP contribution in [0.2, 0.25) is 5.02 Å². The monoisotopic (exact) mass is 499 g/mol. The molecular formula is C28H39BClNO4. The number of halogens is 1. The molecule has 2 aromatic carbocycles. The van der Waals surface area contributed by atoms with Crippen LogP contribution in [0.4, 0.5) is 4.79 Å². The first kappa shape index (κ1) is 27.6. The number of carbonyl (C=O) groups is 1. The van der Waals surface area contributed by atoms with E-state index in [0.29, 0.717) is 18.1 Å². The lowest BCUT2D eigenvalue weighted by molar-refractivity contribution is 0.00578. The van der Waals surface area contributed by atoms with Crippen LogP contribution in [0.25, 0.3) is 0 Å². The van der Waals surface area contributed by atoms with E-state index in [2.05, 4.69) is 25.1 Å². The lowest BCUT2D eigenvalue weighted by Gasteiger charge is -2.32. The zero-order valence-electron chi connectivity index (χ0n) is 22.4. The summed E-state index contributed by atoms with van der Waals surface area (Å²) < 4.78 is 18.3. The maximum absolute atomic E-state index is 13.1. The van der Waals surface area contributed by atoms with Crippen molar-refractivity contribution in [3.63, 3.8) is 0 Å². The standard InChI is InChI=1S/C28H39BClNO4/c1-9-17-31(25(32)33-26(2,3)4)19-22(20-13-11-10-12-14-20)21-15-16-24(30)23(18-21)29-34-27(5,6)28(7,8)35-29/h10-16,18,22H,9,17,19H2,1-8H3. The Morgan fingerprint density at radius 3 is 2.17 bits per heavy atom. The first-order valence-corrected chi connectivity index (χ1v) is 12.8. The number of nitrogens with zero attached hydrogens (tertiary/aromatic N) is 1. The molecule has 0 bridgehead atoms. The Bertz CT molecular complexity index is 1000. The van der Waals surface area contributed by atoms with Crippen LogP contribution in [0.3, 0.4) is 0 Å². The van der Waals surface area contributed by atoms with Crippen LogP contribution in [-0.2, 0) is 14.0 Å². The highest BCUT2D eigenvalue weighted by atomic mass is 35.5. The molecule has 5 nitrogen and oxygen atoms in total. The number of hydrogen-bond donors (Lipinski definition) is 0. The van der Waals surface area contributed by atoms with Crippen molar-refractivity contribution in [1.29, 1.82) is 0 Å². The van der Waals surface area contributed by atoms with Gasteiger partial charge in [-0.25, -0.2) is 4.79 Å². The van der Waals surface area contributed by atoms with E-state index in [0.717, 1.165) is 23.0 Å². The van der Waals surface area contributed by atoms with Crippen LogP contribution in [0.1, 0.15) is 78.9 Å². The molecule has 190 valence electrons. The molecule has 1 heterocycles. The fraction of sp³-hybridized carbons (Fsp3) is 0.536. The van der Waals surface area contributed by atoms with Gasteiger partial charge < -0.3 is 18.9 Å². The van der Waals surface area contributed by atoms with E-state index >= 15 is 0 Å². The molecule has 0 spiro atoms. The van der Waals surface area contributed by atoms with E-state index in [9.17, 15) is 4.79 Å². The summed E-state index contributed by atoms with van der Waals surface area (Å²) in [7, 11) is -0.568. The van der Waals surface area contributed by atoms with Gasteiger partial charge in [-0.1, -0.05) is 61.0 Å². The maximum Gasteiger partial charge on any atom is 0.496 e. The van der Waals surface area contributed by atoms with E-state index in [1.807, 2.05) is 78.8 Å². The van der Waals surface area contributed by atoms with Gasteiger partial charge in [0.25, 0.3) is 0 Å². The first-order valence-electron chi connectivity index (χ1n) is 12.4. The van der Waals surface area contributed by atoms with E-state index in [1.54, 1.807) is 4.90 Å². The van der Waals surface area contributed by atoms with Gasteiger partial charge in [0, 0.05) is 29.5 Å². The van der Waals surface area contributed by atoms with Gasteiger partial charge in [0.05, 0.1) is 11.2 Å². The largest absolute Gasteiger partial charge is 0.496 e. The third kappa shape index (κ3) is 6.60. The van der Waals surface area contributed by atoms with Crippen molar-refractivity contribution in [2.45, 2.75) is 84.5 Å². The van der Waals surface area contributed by atoms with Crippen molar-refractivity contribution in [3.05, 3.63) is 64.7 Å². The van der Waals surface area contributed by atoms with Crippen molar-refractivity contribution in [2.75, 3.05) is 13.1 Å². The molecule has 0 radical (unpaired) electrons. The Balaban J connectivity index is 1.99. The molecule has 1 atom stereocenters. The Kier molecular flexibility index (Phi) is 8.30. The third-order valence-electron chi connectivity index (χ3n) is 6.68. The second-order valence-corrected chi connectivity index (χ2v) is 11.7. The predicted molar refractivity (Wildman–Crippen MR) is 144 cm³/mol. The Morgan fingerprint density at radius 1 is 1.03 bits per heavy atom. The summed E-state index contributed by atoms with van der Waals surface area (Å²) in [6.07, 6.45) is 0.529. The molecule has 0 saturated carbocycles. The molecule has 3 rings (SSSR count). The Hall–Kier alpha value is -2.02. The van der Waals surface area contributed by atoms with Gasteiger partial charge in [-0.15, -0.1) is 0 Å². The highest BCUT2D eigenvalue weighted by Gasteiger charge is 2.52. The minimum atomic E-state index is -0.568. The summed E-state index contributed by atoms with van der Waals surface area (Å²) in [4.78, 5) is 14.9. The topological polar surface area (TPSA) is 48.0 Å². The van der Waals surface area contributed by atoms with E-state index in [4.69, 9.17) is 25.6 Å². The third-order valence-corrected chi connectivity index (χ3v) is 7.02. The molecule has 35 heavy (non-hydrogen) atoms. The van der Waals surface area contributed by atoms with Crippen molar-refractivity contribution in [2.24, 2.45) is 0 Å². The summed E-state index contributed by atoms with van der Waals surface area (Å²) in [6.45, 7) is 16.9. The van der Waals surface area contributed by atoms with Crippen molar-refractivity contribution in [3.8, 4) is 0 Å². The van der Waals surface area contributed by atoms with Gasteiger partial charge in [0.1, 0.15) is 5.60 Å². The van der Waals surface area contributed by atoms with E-state index < -0.39 is 23.9 Å². The van der Waals surface area contributed by atoms with Gasteiger partial charge in [0.2, 0.25) is 0 Å². The molecular weight excluding hydrogens is 461 g/mol. The summed E-state index contributed by atoms with van der Waals surface area (Å²) in [5, 5.41) is 0.594. The minimum absolute atomic E-state index is 0.0753. The molecule has 1 amide bonds. The molecule has 0 aromatic heterocycles. The highest BCUT2D eigenvalue weighted by Crippen LogP contribution is 2.37. The van der Waals surface area contributed by atoms with Gasteiger partial charge >= 0.3 is 13.2 Å². The molecule has 1 saturated heterocycles. The van der Waals surface area contributed by atoms with Crippen LogP contribution < -0.4 is 5.46 Å². The highest BCUT2D eigenvalue weighted by molar-refractivity contribution is 6.65. The number of hydrogen-bond acceptors (Lipinski definition) is 4. The van der Waals surface area contributed by atoms with Crippen LogP contribution in [0.15, 0.2) is 48.5 Å².